The van der Waals surface area contributed by atoms with Gasteiger partial charge in [0.05, 0.1) is 0 Å². The second-order valence-corrected chi connectivity index (χ2v) is 4.25. The summed E-state index contributed by atoms with van der Waals surface area (Å²) < 4.78 is 1.14. The Morgan fingerprint density at radius 3 is 2.69 bits per heavy atom. The van der Waals surface area contributed by atoms with E-state index in [2.05, 4.69) is 21.2 Å². The van der Waals surface area contributed by atoms with Crippen molar-refractivity contribution >= 4 is 39.9 Å². The van der Waals surface area contributed by atoms with Crippen molar-refractivity contribution in [2.75, 3.05) is 6.54 Å². The Kier molecular flexibility index (Phi) is 4.05. The van der Waals surface area contributed by atoms with Gasteiger partial charge >= 0.3 is 0 Å². The van der Waals surface area contributed by atoms with Crippen molar-refractivity contribution in [3.63, 3.8) is 0 Å². The van der Waals surface area contributed by atoms with Crippen molar-refractivity contribution in [2.24, 2.45) is 0 Å². The molecule has 1 atom stereocenters. The molecule has 0 aliphatic carbocycles. The molecule has 72 valence electrons. The lowest BCUT2D eigenvalue weighted by molar-refractivity contribution is 0.382. The van der Waals surface area contributed by atoms with Gasteiger partial charge < -0.3 is 5.32 Å². The van der Waals surface area contributed by atoms with E-state index in [9.17, 15) is 0 Å². The van der Waals surface area contributed by atoms with Gasteiger partial charge in [-0.1, -0.05) is 27.5 Å². The third-order valence-corrected chi connectivity index (χ3v) is 3.11. The van der Waals surface area contributed by atoms with Gasteiger partial charge in [0.15, 0.2) is 0 Å². The summed E-state index contributed by atoms with van der Waals surface area (Å²) in [4.78, 5) is 0. The van der Waals surface area contributed by atoms with Crippen molar-refractivity contribution < 1.29 is 0 Å². The molecule has 0 unspecified atom stereocenters. The summed E-state index contributed by atoms with van der Waals surface area (Å²) in [6.45, 7) is 1.11. The molecule has 1 aliphatic rings. The van der Waals surface area contributed by atoms with Gasteiger partial charge in [-0.2, -0.15) is 0 Å². The van der Waals surface area contributed by atoms with E-state index in [1.807, 2.05) is 18.2 Å². The number of rotatable bonds is 1. The number of benzene rings is 1. The zero-order valence-electron chi connectivity index (χ0n) is 6.89. The van der Waals surface area contributed by atoms with Crippen LogP contribution in [-0.4, -0.2) is 6.54 Å². The first-order valence-electron chi connectivity index (χ1n) is 3.96. The van der Waals surface area contributed by atoms with E-state index < -0.39 is 0 Å². The molecule has 4 heteroatoms. The normalized spacial score (nSPS) is 20.3. The van der Waals surface area contributed by atoms with Crippen molar-refractivity contribution in [3.8, 4) is 0 Å². The molecule has 0 spiro atoms. The van der Waals surface area contributed by atoms with E-state index in [1.165, 1.54) is 12.0 Å². The second-order valence-electron chi connectivity index (χ2n) is 2.96. The largest absolute Gasteiger partial charge is 0.310 e. The minimum atomic E-state index is 0. The molecule has 0 bridgehead atoms. The third-order valence-electron chi connectivity index (χ3n) is 2.16. The number of hydrogen-bond donors (Lipinski definition) is 1. The van der Waals surface area contributed by atoms with Gasteiger partial charge in [0, 0.05) is 15.5 Å². The van der Waals surface area contributed by atoms with E-state index in [1.54, 1.807) is 0 Å². The van der Waals surface area contributed by atoms with Crippen LogP contribution in [-0.2, 0) is 0 Å². The summed E-state index contributed by atoms with van der Waals surface area (Å²) in [6.07, 6.45) is 1.21. The monoisotopic (exact) mass is 281 g/mol. The molecular formula is C9H10BrCl2N. The molecule has 0 saturated carbocycles. The smallest absolute Gasteiger partial charge is 0.0410 e. The zero-order chi connectivity index (χ0) is 8.55. The summed E-state index contributed by atoms with van der Waals surface area (Å²) in [5.74, 6) is 0. The van der Waals surface area contributed by atoms with Gasteiger partial charge in [0.25, 0.3) is 0 Å². The van der Waals surface area contributed by atoms with Crippen LogP contribution in [0.15, 0.2) is 22.7 Å². The van der Waals surface area contributed by atoms with Crippen LogP contribution in [0, 0.1) is 0 Å². The van der Waals surface area contributed by atoms with E-state index in [0.29, 0.717) is 6.04 Å². The summed E-state index contributed by atoms with van der Waals surface area (Å²) in [6, 6.07) is 6.41. The topological polar surface area (TPSA) is 12.0 Å². The molecule has 2 rings (SSSR count). The first-order valence-corrected chi connectivity index (χ1v) is 5.13. The van der Waals surface area contributed by atoms with Crippen LogP contribution in [0.1, 0.15) is 18.0 Å². The van der Waals surface area contributed by atoms with Gasteiger partial charge in [-0.3, -0.25) is 0 Å². The number of nitrogens with one attached hydrogen (secondary N) is 1. The molecule has 1 N–H and O–H groups in total. The molecule has 1 aliphatic heterocycles. The average Bonchev–Trinajstić information content (AvgIpc) is 1.93. The number of hydrogen-bond acceptors (Lipinski definition) is 1. The van der Waals surface area contributed by atoms with Crippen LogP contribution >= 0.6 is 39.9 Å². The minimum absolute atomic E-state index is 0. The summed E-state index contributed by atoms with van der Waals surface area (Å²) in [5.41, 5.74) is 1.27. The lowest BCUT2D eigenvalue weighted by Crippen LogP contribution is -2.35. The van der Waals surface area contributed by atoms with E-state index in [-0.39, 0.29) is 12.4 Å². The Bertz CT molecular complexity index is 300. The standard InChI is InChI=1S/C9H9BrClN.ClH/c10-8-2-1-6(11)5-7(8)9-3-4-12-9;/h1-2,5,9,12H,3-4H2;1H/t9-;/m1./s1. The highest BCUT2D eigenvalue weighted by Gasteiger charge is 2.20. The summed E-state index contributed by atoms with van der Waals surface area (Å²) in [5, 5.41) is 4.15. The highest BCUT2D eigenvalue weighted by Crippen LogP contribution is 2.31. The first-order chi connectivity index (χ1) is 5.77. The van der Waals surface area contributed by atoms with Crippen LogP contribution < -0.4 is 5.32 Å². The lowest BCUT2D eigenvalue weighted by Gasteiger charge is -2.28. The van der Waals surface area contributed by atoms with E-state index >= 15 is 0 Å². The molecular weight excluding hydrogens is 273 g/mol. The predicted molar refractivity (Wildman–Crippen MR) is 61.8 cm³/mol. The van der Waals surface area contributed by atoms with Gasteiger partial charge in [-0.25, -0.2) is 0 Å². The third kappa shape index (κ3) is 2.38. The fraction of sp³-hybridized carbons (Fsp3) is 0.333. The van der Waals surface area contributed by atoms with Crippen LogP contribution in [0.4, 0.5) is 0 Å². The Balaban J connectivity index is 0.000000845. The molecule has 1 aromatic rings. The van der Waals surface area contributed by atoms with Crippen LogP contribution in [0.3, 0.4) is 0 Å². The van der Waals surface area contributed by atoms with Gasteiger partial charge in [-0.15, -0.1) is 12.4 Å². The molecule has 1 aromatic carbocycles. The Morgan fingerprint density at radius 2 is 2.15 bits per heavy atom. The molecule has 0 radical (unpaired) electrons. The van der Waals surface area contributed by atoms with Crippen LogP contribution in [0.5, 0.6) is 0 Å². The maximum absolute atomic E-state index is 5.89. The van der Waals surface area contributed by atoms with Gasteiger partial charge in [0.1, 0.15) is 0 Å². The van der Waals surface area contributed by atoms with Crippen molar-refractivity contribution in [3.05, 3.63) is 33.3 Å². The quantitative estimate of drug-likeness (QED) is 0.831. The highest BCUT2D eigenvalue weighted by atomic mass is 79.9. The zero-order valence-corrected chi connectivity index (χ0v) is 10.0. The molecule has 1 saturated heterocycles. The summed E-state index contributed by atoms with van der Waals surface area (Å²) >= 11 is 9.40. The molecule has 1 heterocycles. The molecule has 0 amide bonds. The number of halogens is 3. The Labute approximate surface area is 97.4 Å². The molecule has 13 heavy (non-hydrogen) atoms. The van der Waals surface area contributed by atoms with Gasteiger partial charge in [0.2, 0.25) is 0 Å². The maximum Gasteiger partial charge on any atom is 0.0410 e. The molecule has 1 fully saturated rings. The summed E-state index contributed by atoms with van der Waals surface area (Å²) in [7, 11) is 0. The first kappa shape index (κ1) is 11.3. The van der Waals surface area contributed by atoms with Crippen molar-refractivity contribution in [1.82, 2.24) is 5.32 Å². The van der Waals surface area contributed by atoms with E-state index in [0.717, 1.165) is 16.0 Å². The highest BCUT2D eigenvalue weighted by molar-refractivity contribution is 9.10. The van der Waals surface area contributed by atoms with Crippen LogP contribution in [0.2, 0.25) is 5.02 Å². The molecule has 1 nitrogen and oxygen atoms in total. The minimum Gasteiger partial charge on any atom is -0.310 e. The lowest BCUT2D eigenvalue weighted by atomic mass is 9.98. The predicted octanol–water partition coefficient (Wildman–Crippen LogP) is 3.56. The van der Waals surface area contributed by atoms with Crippen molar-refractivity contribution in [2.45, 2.75) is 12.5 Å². The molecule has 0 aromatic heterocycles. The Morgan fingerprint density at radius 1 is 1.46 bits per heavy atom. The van der Waals surface area contributed by atoms with Crippen molar-refractivity contribution in [1.29, 1.82) is 0 Å². The fourth-order valence-electron chi connectivity index (χ4n) is 1.34. The maximum atomic E-state index is 5.89. The average molecular weight is 283 g/mol. The van der Waals surface area contributed by atoms with E-state index in [4.69, 9.17) is 11.6 Å². The Hall–Kier alpha value is 0.240. The SMILES string of the molecule is Cl.Clc1ccc(Br)c([C@H]2CCN2)c1. The van der Waals surface area contributed by atoms with Gasteiger partial charge in [-0.05, 0) is 36.7 Å². The fourth-order valence-corrected chi connectivity index (χ4v) is 2.04. The second kappa shape index (κ2) is 4.65. The van der Waals surface area contributed by atoms with Crippen LogP contribution in [0.25, 0.3) is 0 Å².